The van der Waals surface area contributed by atoms with Crippen molar-refractivity contribution in [2.45, 2.75) is 6.54 Å². The average Bonchev–Trinajstić information content (AvgIpc) is 2.67. The molecule has 0 saturated carbocycles. The van der Waals surface area contributed by atoms with Crippen LogP contribution in [0.5, 0.6) is 5.75 Å². The molecule has 0 unspecified atom stereocenters. The zero-order chi connectivity index (χ0) is 17.3. The van der Waals surface area contributed by atoms with Gasteiger partial charge in [0.15, 0.2) is 0 Å². The van der Waals surface area contributed by atoms with Crippen LogP contribution in [0.4, 0.5) is 0 Å². The summed E-state index contributed by atoms with van der Waals surface area (Å²) in [4.78, 5) is 2.48. The van der Waals surface area contributed by atoms with E-state index in [1.807, 2.05) is 42.6 Å². The molecule has 0 aromatic heterocycles. The van der Waals surface area contributed by atoms with Gasteiger partial charge in [-0.1, -0.05) is 48.5 Å². The Balaban J connectivity index is 1.45. The lowest BCUT2D eigenvalue weighted by Crippen LogP contribution is -2.43. The van der Waals surface area contributed by atoms with Crippen LogP contribution in [0.25, 0.3) is 6.08 Å². The fraction of sp³-hybridized carbons (Fsp3) is 0.286. The molecule has 2 aromatic rings. The van der Waals surface area contributed by atoms with Gasteiger partial charge in [0.1, 0.15) is 5.75 Å². The summed E-state index contributed by atoms with van der Waals surface area (Å²) in [7, 11) is 1.69. The van der Waals surface area contributed by atoms with E-state index in [4.69, 9.17) is 4.74 Å². The van der Waals surface area contributed by atoms with Gasteiger partial charge in [-0.05, 0) is 23.8 Å². The van der Waals surface area contributed by atoms with Crippen LogP contribution in [-0.4, -0.2) is 49.4 Å². The topological polar surface area (TPSA) is 28.1 Å². The van der Waals surface area contributed by atoms with Crippen molar-refractivity contribution >= 4 is 12.3 Å². The molecule has 1 aliphatic heterocycles. The van der Waals surface area contributed by atoms with E-state index >= 15 is 0 Å². The molecule has 1 fully saturated rings. The lowest BCUT2D eigenvalue weighted by atomic mass is 10.2. The second-order valence-electron chi connectivity index (χ2n) is 6.08. The molecule has 25 heavy (non-hydrogen) atoms. The van der Waals surface area contributed by atoms with Gasteiger partial charge in [-0.25, -0.2) is 0 Å². The van der Waals surface area contributed by atoms with Gasteiger partial charge in [-0.2, -0.15) is 5.10 Å². The molecule has 0 aliphatic carbocycles. The minimum absolute atomic E-state index is 0.877. The van der Waals surface area contributed by atoms with Crippen LogP contribution in [0.3, 0.4) is 0 Å². The third-order valence-electron chi connectivity index (χ3n) is 4.33. The van der Waals surface area contributed by atoms with Gasteiger partial charge < -0.3 is 4.74 Å². The van der Waals surface area contributed by atoms with Crippen LogP contribution in [-0.2, 0) is 6.54 Å². The molecule has 0 bridgehead atoms. The first kappa shape index (κ1) is 17.2. The summed E-state index contributed by atoms with van der Waals surface area (Å²) in [6, 6.07) is 18.6. The molecule has 3 rings (SSSR count). The maximum atomic E-state index is 5.34. The number of rotatable bonds is 6. The number of nitrogens with zero attached hydrogens (tertiary/aromatic N) is 3. The van der Waals surface area contributed by atoms with E-state index < -0.39 is 0 Å². The first-order valence-electron chi connectivity index (χ1n) is 8.70. The molecule has 0 amide bonds. The number of piperazine rings is 1. The Morgan fingerprint density at radius 1 is 0.960 bits per heavy atom. The minimum Gasteiger partial charge on any atom is -0.496 e. The Labute approximate surface area is 150 Å². The first-order valence-corrected chi connectivity index (χ1v) is 8.70. The standard InChI is InChI=1S/C21H25N3O/c1-25-21-12-6-5-10-20(21)11-7-13-22-24-16-14-23(15-17-24)18-19-8-3-2-4-9-19/h2-13H,14-18H2,1H3/b11-7+,22-13?. The van der Waals surface area contributed by atoms with Crippen molar-refractivity contribution < 1.29 is 4.74 Å². The highest BCUT2D eigenvalue weighted by molar-refractivity contribution is 5.79. The summed E-state index contributed by atoms with van der Waals surface area (Å²) in [5.74, 6) is 0.877. The summed E-state index contributed by atoms with van der Waals surface area (Å²) in [6.07, 6.45) is 5.85. The summed E-state index contributed by atoms with van der Waals surface area (Å²) in [5.41, 5.74) is 2.43. The van der Waals surface area contributed by atoms with Crippen molar-refractivity contribution in [3.05, 3.63) is 71.8 Å². The van der Waals surface area contributed by atoms with Crippen molar-refractivity contribution in [3.63, 3.8) is 0 Å². The number of hydrogen-bond acceptors (Lipinski definition) is 4. The predicted octanol–water partition coefficient (Wildman–Crippen LogP) is 3.51. The SMILES string of the molecule is COc1ccccc1/C=C/C=NN1CCN(Cc2ccccc2)CC1. The lowest BCUT2D eigenvalue weighted by molar-refractivity contribution is 0.131. The van der Waals surface area contributed by atoms with Crippen LogP contribution in [0.1, 0.15) is 11.1 Å². The van der Waals surface area contributed by atoms with Gasteiger partial charge >= 0.3 is 0 Å². The highest BCUT2D eigenvalue weighted by atomic mass is 16.5. The van der Waals surface area contributed by atoms with E-state index in [0.717, 1.165) is 44.0 Å². The maximum absolute atomic E-state index is 5.34. The second-order valence-corrected chi connectivity index (χ2v) is 6.08. The zero-order valence-corrected chi connectivity index (χ0v) is 14.7. The normalized spacial score (nSPS) is 16.0. The third kappa shape index (κ3) is 5.19. The van der Waals surface area contributed by atoms with Crippen molar-refractivity contribution in [2.24, 2.45) is 5.10 Å². The van der Waals surface area contributed by atoms with Crippen molar-refractivity contribution in [2.75, 3.05) is 33.3 Å². The quantitative estimate of drug-likeness (QED) is 0.756. The maximum Gasteiger partial charge on any atom is 0.126 e. The van der Waals surface area contributed by atoms with Gasteiger partial charge in [0, 0.05) is 44.5 Å². The number of benzene rings is 2. The van der Waals surface area contributed by atoms with Gasteiger partial charge in [0.05, 0.1) is 7.11 Å². The van der Waals surface area contributed by atoms with E-state index in [-0.39, 0.29) is 0 Å². The van der Waals surface area contributed by atoms with Crippen LogP contribution in [0.15, 0.2) is 65.8 Å². The van der Waals surface area contributed by atoms with E-state index in [9.17, 15) is 0 Å². The molecule has 0 N–H and O–H groups in total. The minimum atomic E-state index is 0.877. The van der Waals surface area contributed by atoms with E-state index in [1.165, 1.54) is 5.56 Å². The van der Waals surface area contributed by atoms with Gasteiger partial charge in [0.2, 0.25) is 0 Å². The largest absolute Gasteiger partial charge is 0.496 e. The Morgan fingerprint density at radius 2 is 1.68 bits per heavy atom. The molecule has 1 heterocycles. The summed E-state index contributed by atoms with van der Waals surface area (Å²) >= 11 is 0. The van der Waals surface area contributed by atoms with Crippen LogP contribution < -0.4 is 4.74 Å². The summed E-state index contributed by atoms with van der Waals surface area (Å²) < 4.78 is 5.34. The van der Waals surface area contributed by atoms with Crippen LogP contribution >= 0.6 is 0 Å². The molecule has 2 aromatic carbocycles. The molecule has 0 spiro atoms. The van der Waals surface area contributed by atoms with Crippen molar-refractivity contribution in [1.29, 1.82) is 0 Å². The molecular formula is C21H25N3O. The van der Waals surface area contributed by atoms with Crippen LogP contribution in [0, 0.1) is 0 Å². The average molecular weight is 335 g/mol. The van der Waals surface area contributed by atoms with Gasteiger partial charge in [-0.3, -0.25) is 9.91 Å². The van der Waals surface area contributed by atoms with E-state index in [1.54, 1.807) is 7.11 Å². The fourth-order valence-corrected chi connectivity index (χ4v) is 2.94. The number of methoxy groups -OCH3 is 1. The smallest absolute Gasteiger partial charge is 0.126 e. The highest BCUT2D eigenvalue weighted by Gasteiger charge is 2.14. The molecular weight excluding hydrogens is 310 g/mol. The Morgan fingerprint density at radius 3 is 2.44 bits per heavy atom. The Kier molecular flexibility index (Phi) is 6.23. The van der Waals surface area contributed by atoms with Gasteiger partial charge in [-0.15, -0.1) is 0 Å². The van der Waals surface area contributed by atoms with Gasteiger partial charge in [0.25, 0.3) is 0 Å². The summed E-state index contributed by atoms with van der Waals surface area (Å²) in [5, 5.41) is 6.68. The Hall–Kier alpha value is -2.59. The molecule has 0 atom stereocenters. The number of allylic oxidation sites excluding steroid dienone is 1. The van der Waals surface area contributed by atoms with Crippen LogP contribution in [0.2, 0.25) is 0 Å². The third-order valence-corrected chi connectivity index (χ3v) is 4.33. The molecule has 0 radical (unpaired) electrons. The molecule has 130 valence electrons. The fourth-order valence-electron chi connectivity index (χ4n) is 2.94. The van der Waals surface area contributed by atoms with Crippen molar-refractivity contribution in [1.82, 2.24) is 9.91 Å². The predicted molar refractivity (Wildman–Crippen MR) is 104 cm³/mol. The lowest BCUT2D eigenvalue weighted by Gasteiger charge is -2.32. The Bertz CT molecular complexity index is 704. The molecule has 4 heteroatoms. The number of para-hydroxylation sites is 1. The zero-order valence-electron chi connectivity index (χ0n) is 14.7. The summed E-state index contributed by atoms with van der Waals surface area (Å²) in [6.45, 7) is 5.04. The highest BCUT2D eigenvalue weighted by Crippen LogP contribution is 2.18. The first-order chi connectivity index (χ1) is 12.3. The van der Waals surface area contributed by atoms with E-state index in [2.05, 4.69) is 45.3 Å². The van der Waals surface area contributed by atoms with Crippen molar-refractivity contribution in [3.8, 4) is 5.75 Å². The second kappa shape index (κ2) is 9.04. The number of hydrazone groups is 1. The number of ether oxygens (including phenoxy) is 1. The van der Waals surface area contributed by atoms with E-state index in [0.29, 0.717) is 0 Å². The monoisotopic (exact) mass is 335 g/mol. The molecule has 1 aliphatic rings. The molecule has 4 nitrogen and oxygen atoms in total. The molecule has 1 saturated heterocycles. The number of hydrogen-bond donors (Lipinski definition) is 0.